The van der Waals surface area contributed by atoms with Crippen molar-refractivity contribution in [2.75, 3.05) is 4.90 Å². The molecule has 0 saturated heterocycles. The van der Waals surface area contributed by atoms with Crippen LogP contribution in [0.4, 0.5) is 17.1 Å². The maximum absolute atomic E-state index is 13.3. The van der Waals surface area contributed by atoms with Crippen LogP contribution in [-0.2, 0) is 4.79 Å². The lowest BCUT2D eigenvalue weighted by Crippen LogP contribution is -2.30. The van der Waals surface area contributed by atoms with Gasteiger partial charge in [-0.3, -0.25) is 4.79 Å². The fourth-order valence-electron chi connectivity index (χ4n) is 6.08. The largest absolute Gasteiger partial charge is 0.871 e. The number of hydrogen-bond donors (Lipinski definition) is 0. The van der Waals surface area contributed by atoms with Crippen LogP contribution in [0.3, 0.4) is 0 Å². The highest BCUT2D eigenvalue weighted by Gasteiger charge is 2.31. The van der Waals surface area contributed by atoms with Crippen molar-refractivity contribution in [1.82, 2.24) is 0 Å². The Morgan fingerprint density at radius 3 is 1.83 bits per heavy atom. The molecule has 3 aromatic carbocycles. The summed E-state index contributed by atoms with van der Waals surface area (Å²) in [7, 11) is 0. The summed E-state index contributed by atoms with van der Waals surface area (Å²) in [5.74, 6) is -0.378. The molecule has 214 valence electrons. The number of anilines is 2. The van der Waals surface area contributed by atoms with Crippen molar-refractivity contribution in [2.24, 2.45) is 0 Å². The zero-order chi connectivity index (χ0) is 30.3. The maximum atomic E-state index is 13.3. The highest BCUT2D eigenvalue weighted by molar-refractivity contribution is 6.39. The summed E-state index contributed by atoms with van der Waals surface area (Å²) in [6.45, 7) is 17.1. The Morgan fingerprint density at radius 2 is 1.31 bits per heavy atom. The van der Waals surface area contributed by atoms with Crippen molar-refractivity contribution in [3.05, 3.63) is 130 Å². The molecule has 0 atom stereocenters. The number of Topliss-reactive ketones (excluding diaryl/α,β-unsaturated/α-hetero) is 1. The van der Waals surface area contributed by atoms with Crippen LogP contribution < -0.4 is 10.0 Å². The summed E-state index contributed by atoms with van der Waals surface area (Å²) < 4.78 is 2.28. The van der Waals surface area contributed by atoms with Crippen LogP contribution in [0.2, 0.25) is 0 Å². The van der Waals surface area contributed by atoms with E-state index in [9.17, 15) is 9.90 Å². The number of allylic oxidation sites excluding steroid dienone is 7. The Balaban J connectivity index is 1.44. The molecule has 0 spiro atoms. The molecule has 3 aromatic rings. The van der Waals surface area contributed by atoms with E-state index in [2.05, 4.69) is 101 Å². The Morgan fingerprint density at radius 1 is 0.714 bits per heavy atom. The average molecular weight is 557 g/mol. The standard InChI is InChI=1S/C38H40N2O2/c1-23(2)39(33-19-9-25(5)21-27(33)7)31-15-11-29(12-16-31)35-37(41)36(38(35)42)30-13-17-32(18-14-30)40(24(3)4)34-20-10-26(6)22-28(34)8/h9-24H,1-8H3. The third-order valence-electron chi connectivity index (χ3n) is 8.03. The molecule has 4 nitrogen and oxygen atoms in total. The number of ketones is 1. The van der Waals surface area contributed by atoms with Gasteiger partial charge in [0.1, 0.15) is 0 Å². The molecule has 42 heavy (non-hydrogen) atoms. The maximum Gasteiger partial charge on any atom is 0.208 e. The normalized spacial score (nSPS) is 14.8. The van der Waals surface area contributed by atoms with E-state index in [1.54, 1.807) is 0 Å². The Hall–Kier alpha value is -4.44. The Labute approximate surface area is 250 Å². The zero-order valence-electron chi connectivity index (χ0n) is 25.9. The molecule has 2 aliphatic rings. The summed E-state index contributed by atoms with van der Waals surface area (Å²) in [6.07, 6.45) is 7.79. The van der Waals surface area contributed by atoms with Crippen molar-refractivity contribution in [1.29, 1.82) is 0 Å². The lowest BCUT2D eigenvalue weighted by Gasteiger charge is -2.33. The minimum absolute atomic E-state index is 0.189. The summed E-state index contributed by atoms with van der Waals surface area (Å²) in [5, 5.41) is 13.3. The quantitative estimate of drug-likeness (QED) is 0.230. The number of benzene rings is 3. The third-order valence-corrected chi connectivity index (χ3v) is 8.03. The fraction of sp³-hybridized carbons (Fsp3) is 0.263. The molecule has 5 rings (SSSR count). The first-order valence-corrected chi connectivity index (χ1v) is 14.7. The van der Waals surface area contributed by atoms with Crippen LogP contribution >= 0.6 is 0 Å². The third kappa shape index (κ3) is 5.30. The van der Waals surface area contributed by atoms with E-state index in [-0.39, 0.29) is 34.8 Å². The van der Waals surface area contributed by atoms with Crippen LogP contribution in [0.5, 0.6) is 0 Å². The smallest absolute Gasteiger partial charge is 0.208 e. The Bertz CT molecular complexity index is 1710. The average Bonchev–Trinajstić information content (AvgIpc) is 2.93. The molecule has 4 heteroatoms. The molecule has 0 amide bonds. The lowest BCUT2D eigenvalue weighted by atomic mass is 9.80. The van der Waals surface area contributed by atoms with Gasteiger partial charge in [-0.05, 0) is 109 Å². The van der Waals surface area contributed by atoms with Gasteiger partial charge in [0.15, 0.2) is 11.8 Å². The molecule has 0 aliphatic heterocycles. The SMILES string of the molecule is Cc1ccc(N(c2ccc(C3=C([O-])C(=C4C=CC(=[N+](c5ccc(C)cc5C)C(C)C)C=C4)C3=O)cc2)C(C)C)c(C)c1. The fourth-order valence-corrected chi connectivity index (χ4v) is 6.08. The summed E-state index contributed by atoms with van der Waals surface area (Å²) in [6, 6.07) is 21.2. The molecule has 2 aliphatic carbocycles. The highest BCUT2D eigenvalue weighted by atomic mass is 16.3. The first-order chi connectivity index (χ1) is 20.0. The van der Waals surface area contributed by atoms with E-state index in [1.807, 2.05) is 48.6 Å². The highest BCUT2D eigenvalue weighted by Crippen LogP contribution is 2.39. The molecule has 0 radical (unpaired) electrons. The molecule has 0 aromatic heterocycles. The molecule has 0 fully saturated rings. The first kappa shape index (κ1) is 29.1. The summed E-state index contributed by atoms with van der Waals surface area (Å²) in [4.78, 5) is 15.6. The topological polar surface area (TPSA) is 46.4 Å². The van der Waals surface area contributed by atoms with Gasteiger partial charge in [0.05, 0.1) is 0 Å². The number of nitrogens with zero attached hydrogens (tertiary/aromatic N) is 2. The van der Waals surface area contributed by atoms with Gasteiger partial charge < -0.3 is 10.0 Å². The van der Waals surface area contributed by atoms with Gasteiger partial charge >= 0.3 is 0 Å². The second kappa shape index (κ2) is 11.4. The Kier molecular flexibility index (Phi) is 7.92. The van der Waals surface area contributed by atoms with Crippen LogP contribution in [0.15, 0.2) is 102 Å². The van der Waals surface area contributed by atoms with E-state index in [0.29, 0.717) is 11.1 Å². The van der Waals surface area contributed by atoms with Gasteiger partial charge in [0, 0.05) is 52.3 Å². The van der Waals surface area contributed by atoms with Gasteiger partial charge in [-0.1, -0.05) is 47.2 Å². The van der Waals surface area contributed by atoms with E-state index in [4.69, 9.17) is 0 Å². The van der Waals surface area contributed by atoms with Crippen molar-refractivity contribution in [2.45, 2.75) is 67.5 Å². The second-order valence-corrected chi connectivity index (χ2v) is 12.0. The summed E-state index contributed by atoms with van der Waals surface area (Å²) >= 11 is 0. The van der Waals surface area contributed by atoms with Gasteiger partial charge in [0.2, 0.25) is 11.4 Å². The minimum atomic E-state index is -0.189. The van der Waals surface area contributed by atoms with E-state index < -0.39 is 0 Å². The number of rotatable bonds is 6. The van der Waals surface area contributed by atoms with Crippen molar-refractivity contribution >= 4 is 34.1 Å². The molecule has 0 saturated carbocycles. The molecule has 0 bridgehead atoms. The minimum Gasteiger partial charge on any atom is -0.871 e. The van der Waals surface area contributed by atoms with E-state index >= 15 is 0 Å². The van der Waals surface area contributed by atoms with E-state index in [1.165, 1.54) is 22.3 Å². The van der Waals surface area contributed by atoms with Crippen LogP contribution in [0.1, 0.15) is 55.5 Å². The van der Waals surface area contributed by atoms with E-state index in [0.717, 1.165) is 22.8 Å². The van der Waals surface area contributed by atoms with Gasteiger partial charge in [0.25, 0.3) is 0 Å². The molecule has 0 N–H and O–H groups in total. The van der Waals surface area contributed by atoms with Gasteiger partial charge in [-0.2, -0.15) is 4.58 Å². The van der Waals surface area contributed by atoms with Gasteiger partial charge in [-0.15, -0.1) is 0 Å². The summed E-state index contributed by atoms with van der Waals surface area (Å²) in [5.41, 5.74) is 11.1. The lowest BCUT2D eigenvalue weighted by molar-refractivity contribution is -0.474. The molecule has 0 unspecified atom stereocenters. The van der Waals surface area contributed by atoms with Crippen LogP contribution in [-0.4, -0.2) is 28.2 Å². The molecule has 0 heterocycles. The molecular formula is C38H40N2O2. The predicted molar refractivity (Wildman–Crippen MR) is 173 cm³/mol. The van der Waals surface area contributed by atoms with Crippen LogP contribution in [0.25, 0.3) is 5.57 Å². The first-order valence-electron chi connectivity index (χ1n) is 14.7. The predicted octanol–water partition coefficient (Wildman–Crippen LogP) is 7.74. The number of carbonyl (C=O) groups is 1. The van der Waals surface area contributed by atoms with Crippen LogP contribution in [0, 0.1) is 27.7 Å². The number of carbonyl (C=O) groups excluding carboxylic acids is 1. The van der Waals surface area contributed by atoms with Crippen molar-refractivity contribution < 1.29 is 14.5 Å². The number of hydrogen-bond acceptors (Lipinski definition) is 3. The van der Waals surface area contributed by atoms with Crippen molar-refractivity contribution in [3.8, 4) is 0 Å². The molecular weight excluding hydrogens is 516 g/mol. The number of aryl methyl sites for hydroxylation is 4. The second-order valence-electron chi connectivity index (χ2n) is 12.0. The monoisotopic (exact) mass is 556 g/mol. The van der Waals surface area contributed by atoms with Crippen molar-refractivity contribution in [3.63, 3.8) is 0 Å². The zero-order valence-corrected chi connectivity index (χ0v) is 25.9. The van der Waals surface area contributed by atoms with Gasteiger partial charge in [-0.25, -0.2) is 0 Å².